The minimum Gasteiger partial charge on any atom is -0.464 e. The third-order valence-corrected chi connectivity index (χ3v) is 4.54. The lowest BCUT2D eigenvalue weighted by molar-refractivity contribution is 0.0593. The molecule has 0 bridgehead atoms. The van der Waals surface area contributed by atoms with E-state index in [1.54, 1.807) is 6.20 Å². The maximum atomic E-state index is 11.4. The van der Waals surface area contributed by atoms with Crippen LogP contribution in [0.25, 0.3) is 0 Å². The van der Waals surface area contributed by atoms with Crippen molar-refractivity contribution in [2.24, 2.45) is 0 Å². The van der Waals surface area contributed by atoms with Crippen LogP contribution in [0.5, 0.6) is 0 Å². The molecular weight excluding hydrogens is 262 g/mol. The van der Waals surface area contributed by atoms with Crippen LogP contribution in [-0.4, -0.2) is 40.6 Å². The molecule has 1 aromatic heterocycles. The lowest BCUT2D eigenvalue weighted by Crippen LogP contribution is -2.34. The molecule has 5 nitrogen and oxygen atoms in total. The first-order valence-corrected chi connectivity index (χ1v) is 7.73. The zero-order valence-corrected chi connectivity index (χ0v) is 12.1. The van der Waals surface area contributed by atoms with Crippen molar-refractivity contribution in [3.8, 4) is 0 Å². The first kappa shape index (κ1) is 14.1. The van der Waals surface area contributed by atoms with Crippen LogP contribution >= 0.6 is 11.8 Å². The number of nitrogens with zero attached hydrogens (tertiary/aromatic N) is 2. The Labute approximate surface area is 117 Å². The minimum absolute atomic E-state index is 0.240. The van der Waals surface area contributed by atoms with E-state index in [0.29, 0.717) is 17.1 Å². The molecule has 2 rings (SSSR count). The van der Waals surface area contributed by atoms with Crippen LogP contribution < -0.4 is 5.32 Å². The predicted octanol–water partition coefficient (Wildman–Crippen LogP) is 2.35. The van der Waals surface area contributed by atoms with Crippen molar-refractivity contribution in [3.63, 3.8) is 0 Å². The second kappa shape index (κ2) is 6.75. The highest BCUT2D eigenvalue weighted by molar-refractivity contribution is 7.99. The number of hydrogen-bond donors (Lipinski definition) is 1. The van der Waals surface area contributed by atoms with Crippen molar-refractivity contribution in [1.29, 1.82) is 0 Å². The SMILES string of the molecule is COC(=O)c1cncc(NC2CCCCC2SC)n1. The van der Waals surface area contributed by atoms with Gasteiger partial charge in [0.25, 0.3) is 0 Å². The number of methoxy groups -OCH3 is 1. The lowest BCUT2D eigenvalue weighted by Gasteiger charge is -2.31. The second-order valence-electron chi connectivity index (χ2n) is 4.59. The van der Waals surface area contributed by atoms with E-state index < -0.39 is 5.97 Å². The molecule has 6 heteroatoms. The predicted molar refractivity (Wildman–Crippen MR) is 76.6 cm³/mol. The summed E-state index contributed by atoms with van der Waals surface area (Å²) in [5.74, 6) is 0.190. The molecule has 1 aliphatic rings. The topological polar surface area (TPSA) is 64.1 Å². The van der Waals surface area contributed by atoms with Crippen molar-refractivity contribution in [3.05, 3.63) is 18.1 Å². The van der Waals surface area contributed by atoms with Gasteiger partial charge in [0.15, 0.2) is 5.69 Å². The average Bonchev–Trinajstić information content (AvgIpc) is 2.47. The number of thioether (sulfide) groups is 1. The van der Waals surface area contributed by atoms with Crippen molar-refractivity contribution < 1.29 is 9.53 Å². The molecule has 0 spiro atoms. The molecule has 0 saturated heterocycles. The van der Waals surface area contributed by atoms with Crippen molar-refractivity contribution in [2.75, 3.05) is 18.7 Å². The molecule has 1 fully saturated rings. The summed E-state index contributed by atoms with van der Waals surface area (Å²) >= 11 is 1.89. The molecule has 0 amide bonds. The van der Waals surface area contributed by atoms with Gasteiger partial charge in [-0.2, -0.15) is 11.8 Å². The molecular formula is C13H19N3O2S. The highest BCUT2D eigenvalue weighted by atomic mass is 32.2. The van der Waals surface area contributed by atoms with Crippen LogP contribution in [0.15, 0.2) is 12.4 Å². The van der Waals surface area contributed by atoms with Gasteiger partial charge in [0.1, 0.15) is 5.82 Å². The van der Waals surface area contributed by atoms with Gasteiger partial charge in [-0.1, -0.05) is 12.8 Å². The molecule has 2 unspecified atom stereocenters. The normalized spacial score (nSPS) is 22.8. The van der Waals surface area contributed by atoms with Gasteiger partial charge in [-0.15, -0.1) is 0 Å². The molecule has 2 atom stereocenters. The van der Waals surface area contributed by atoms with E-state index in [1.807, 2.05) is 11.8 Å². The third-order valence-electron chi connectivity index (χ3n) is 3.37. The summed E-state index contributed by atoms with van der Waals surface area (Å²) in [6.07, 6.45) is 10.1. The zero-order chi connectivity index (χ0) is 13.7. The van der Waals surface area contributed by atoms with Crippen LogP contribution in [0.4, 0.5) is 5.82 Å². The van der Waals surface area contributed by atoms with E-state index in [1.165, 1.54) is 32.6 Å². The first-order valence-electron chi connectivity index (χ1n) is 6.44. The van der Waals surface area contributed by atoms with Crippen molar-refractivity contribution in [1.82, 2.24) is 9.97 Å². The number of rotatable bonds is 4. The molecule has 1 aromatic rings. The van der Waals surface area contributed by atoms with E-state index in [0.717, 1.165) is 6.42 Å². The van der Waals surface area contributed by atoms with Crippen LogP contribution in [0.2, 0.25) is 0 Å². The Balaban J connectivity index is 2.07. The summed E-state index contributed by atoms with van der Waals surface area (Å²) in [6, 6.07) is 0.394. The van der Waals surface area contributed by atoms with Gasteiger partial charge in [-0.05, 0) is 19.1 Å². The fourth-order valence-corrected chi connectivity index (χ4v) is 3.31. The Hall–Kier alpha value is -1.30. The number of esters is 1. The van der Waals surface area contributed by atoms with Gasteiger partial charge in [0.2, 0.25) is 0 Å². The van der Waals surface area contributed by atoms with E-state index in [4.69, 9.17) is 0 Å². The van der Waals surface area contributed by atoms with Crippen LogP contribution in [0.1, 0.15) is 36.2 Å². The van der Waals surface area contributed by atoms with Gasteiger partial charge in [0.05, 0.1) is 19.5 Å². The molecule has 1 heterocycles. The van der Waals surface area contributed by atoms with Crippen LogP contribution in [0, 0.1) is 0 Å². The average molecular weight is 281 g/mol. The maximum Gasteiger partial charge on any atom is 0.358 e. The monoisotopic (exact) mass is 281 g/mol. The fourth-order valence-electron chi connectivity index (χ4n) is 2.37. The Morgan fingerprint density at radius 1 is 1.42 bits per heavy atom. The molecule has 104 valence electrons. The Morgan fingerprint density at radius 2 is 2.21 bits per heavy atom. The lowest BCUT2D eigenvalue weighted by atomic mass is 9.95. The Morgan fingerprint density at radius 3 is 2.95 bits per heavy atom. The van der Waals surface area contributed by atoms with Crippen molar-refractivity contribution >= 4 is 23.5 Å². The molecule has 0 aliphatic heterocycles. The summed E-state index contributed by atoms with van der Waals surface area (Å²) in [5, 5.41) is 3.99. The molecule has 1 saturated carbocycles. The minimum atomic E-state index is -0.457. The number of ether oxygens (including phenoxy) is 1. The van der Waals surface area contributed by atoms with E-state index >= 15 is 0 Å². The summed E-state index contributed by atoms with van der Waals surface area (Å²) in [5.41, 5.74) is 0.240. The van der Waals surface area contributed by atoms with E-state index in [-0.39, 0.29) is 5.69 Å². The first-order chi connectivity index (χ1) is 9.24. The number of hydrogen-bond acceptors (Lipinski definition) is 6. The molecule has 19 heavy (non-hydrogen) atoms. The van der Waals surface area contributed by atoms with Gasteiger partial charge >= 0.3 is 5.97 Å². The summed E-state index contributed by atoms with van der Waals surface area (Å²) in [7, 11) is 1.34. The number of aromatic nitrogens is 2. The van der Waals surface area contributed by atoms with Crippen molar-refractivity contribution in [2.45, 2.75) is 37.0 Å². The zero-order valence-electron chi connectivity index (χ0n) is 11.3. The number of anilines is 1. The van der Waals surface area contributed by atoms with Crippen LogP contribution in [-0.2, 0) is 4.74 Å². The number of nitrogens with one attached hydrogen (secondary N) is 1. The number of carbonyl (C=O) groups excluding carboxylic acids is 1. The third kappa shape index (κ3) is 3.59. The smallest absolute Gasteiger partial charge is 0.358 e. The quantitative estimate of drug-likeness (QED) is 0.855. The van der Waals surface area contributed by atoms with Gasteiger partial charge < -0.3 is 10.1 Å². The largest absolute Gasteiger partial charge is 0.464 e. The highest BCUT2D eigenvalue weighted by Crippen LogP contribution is 2.29. The van der Waals surface area contributed by atoms with Crippen LogP contribution in [0.3, 0.4) is 0 Å². The molecule has 0 radical (unpaired) electrons. The second-order valence-corrected chi connectivity index (χ2v) is 5.67. The summed E-state index contributed by atoms with van der Waals surface area (Å²) < 4.78 is 4.65. The molecule has 0 aromatic carbocycles. The van der Waals surface area contributed by atoms with E-state index in [9.17, 15) is 4.79 Å². The van der Waals surface area contributed by atoms with Gasteiger partial charge in [-0.25, -0.2) is 9.78 Å². The highest BCUT2D eigenvalue weighted by Gasteiger charge is 2.24. The maximum absolute atomic E-state index is 11.4. The molecule has 1 aliphatic carbocycles. The van der Waals surface area contributed by atoms with Gasteiger partial charge in [0, 0.05) is 11.3 Å². The Kier molecular flexibility index (Phi) is 5.01. The number of carbonyl (C=O) groups is 1. The summed E-state index contributed by atoms with van der Waals surface area (Å²) in [4.78, 5) is 19.7. The summed E-state index contributed by atoms with van der Waals surface area (Å²) in [6.45, 7) is 0. The standard InChI is InChI=1S/C13H19N3O2S/c1-18-13(17)10-7-14-8-12(16-10)15-9-5-3-4-6-11(9)19-2/h7-9,11H,3-6H2,1-2H3,(H,15,16). The van der Waals surface area contributed by atoms with Gasteiger partial charge in [-0.3, -0.25) is 4.98 Å². The van der Waals surface area contributed by atoms with E-state index in [2.05, 4.69) is 26.3 Å². The Bertz CT molecular complexity index is 442. The molecule has 1 N–H and O–H groups in total. The fraction of sp³-hybridized carbons (Fsp3) is 0.615.